The number of carbonyl (C=O) groups is 1. The minimum absolute atomic E-state index is 0.0575. The van der Waals surface area contributed by atoms with Crippen molar-refractivity contribution in [3.8, 4) is 0 Å². The van der Waals surface area contributed by atoms with Gasteiger partial charge < -0.3 is 10.4 Å². The van der Waals surface area contributed by atoms with Gasteiger partial charge in [-0.05, 0) is 24.6 Å². The van der Waals surface area contributed by atoms with Crippen LogP contribution in [0.25, 0.3) is 0 Å². The van der Waals surface area contributed by atoms with Crippen molar-refractivity contribution in [3.63, 3.8) is 0 Å². The number of aliphatic hydroxyl groups excluding tert-OH is 1. The molecule has 0 aliphatic carbocycles. The molecule has 0 unspecified atom stereocenters. The van der Waals surface area contributed by atoms with E-state index in [1.807, 2.05) is 24.3 Å². The number of rotatable bonds is 6. The third-order valence-corrected chi connectivity index (χ3v) is 3.22. The van der Waals surface area contributed by atoms with Gasteiger partial charge in [0.2, 0.25) is 5.91 Å². The molecule has 1 amide bonds. The molecule has 0 aliphatic rings. The number of amides is 1. The van der Waals surface area contributed by atoms with Gasteiger partial charge in [0.1, 0.15) is 0 Å². The van der Waals surface area contributed by atoms with Crippen LogP contribution in [0.3, 0.4) is 0 Å². The lowest BCUT2D eigenvalue weighted by Crippen LogP contribution is -2.31. The van der Waals surface area contributed by atoms with Crippen molar-refractivity contribution in [1.29, 1.82) is 0 Å². The second-order valence-electron chi connectivity index (χ2n) is 3.78. The summed E-state index contributed by atoms with van der Waals surface area (Å²) < 4.78 is 0. The number of halogens is 1. The van der Waals surface area contributed by atoms with Crippen LogP contribution in [-0.2, 0) is 10.5 Å². The quantitative estimate of drug-likeness (QED) is 0.834. The standard InChI is InChI=1S/C12H16ClNO2S/c1-9(15)6-14-12(16)8-17-7-10-3-2-4-11(13)5-10/h2-5,9,15H,6-8H2,1H3,(H,14,16)/t9-/m1/s1. The molecule has 0 aromatic heterocycles. The Morgan fingerprint density at radius 2 is 2.35 bits per heavy atom. The Balaban J connectivity index is 2.21. The van der Waals surface area contributed by atoms with E-state index in [2.05, 4.69) is 5.32 Å². The molecule has 5 heteroatoms. The van der Waals surface area contributed by atoms with E-state index in [0.717, 1.165) is 11.3 Å². The van der Waals surface area contributed by atoms with Gasteiger partial charge in [0.15, 0.2) is 0 Å². The third kappa shape index (κ3) is 6.56. The molecule has 0 spiro atoms. The van der Waals surface area contributed by atoms with E-state index >= 15 is 0 Å². The van der Waals surface area contributed by atoms with Gasteiger partial charge in [0.25, 0.3) is 0 Å². The number of aliphatic hydroxyl groups is 1. The first-order chi connectivity index (χ1) is 8.08. The van der Waals surface area contributed by atoms with E-state index in [0.29, 0.717) is 17.3 Å². The predicted octanol–water partition coefficient (Wildman–Crippen LogP) is 2.07. The van der Waals surface area contributed by atoms with Crippen LogP contribution >= 0.6 is 23.4 Å². The van der Waals surface area contributed by atoms with Gasteiger partial charge >= 0.3 is 0 Å². The molecule has 0 heterocycles. The van der Waals surface area contributed by atoms with Gasteiger partial charge in [0, 0.05) is 17.3 Å². The van der Waals surface area contributed by atoms with Gasteiger partial charge in [-0.25, -0.2) is 0 Å². The van der Waals surface area contributed by atoms with Crippen molar-refractivity contribution in [2.24, 2.45) is 0 Å². The van der Waals surface area contributed by atoms with Crippen molar-refractivity contribution in [1.82, 2.24) is 5.32 Å². The summed E-state index contributed by atoms with van der Waals surface area (Å²) in [4.78, 5) is 11.3. The predicted molar refractivity (Wildman–Crippen MR) is 72.3 cm³/mol. The van der Waals surface area contributed by atoms with Gasteiger partial charge in [-0.15, -0.1) is 11.8 Å². The molecule has 3 nitrogen and oxygen atoms in total. The Hall–Kier alpha value is -0.710. The summed E-state index contributed by atoms with van der Waals surface area (Å²) in [7, 11) is 0. The highest BCUT2D eigenvalue weighted by molar-refractivity contribution is 7.99. The fraction of sp³-hybridized carbons (Fsp3) is 0.417. The van der Waals surface area contributed by atoms with Gasteiger partial charge in [-0.1, -0.05) is 23.7 Å². The molecular formula is C12H16ClNO2S. The molecule has 1 aromatic rings. The van der Waals surface area contributed by atoms with E-state index in [1.165, 1.54) is 11.8 Å². The molecule has 1 atom stereocenters. The largest absolute Gasteiger partial charge is 0.392 e. The molecule has 0 aliphatic heterocycles. The van der Waals surface area contributed by atoms with Crippen LogP contribution in [0, 0.1) is 0 Å². The monoisotopic (exact) mass is 273 g/mol. The van der Waals surface area contributed by atoms with E-state index in [-0.39, 0.29) is 5.91 Å². The van der Waals surface area contributed by atoms with Crippen LogP contribution in [0.4, 0.5) is 0 Å². The van der Waals surface area contributed by atoms with E-state index < -0.39 is 6.10 Å². The molecule has 1 rings (SSSR count). The Kier molecular flexibility index (Phi) is 6.40. The summed E-state index contributed by atoms with van der Waals surface area (Å²) in [6, 6.07) is 7.59. The molecule has 0 fully saturated rings. The van der Waals surface area contributed by atoms with Crippen molar-refractivity contribution in [2.75, 3.05) is 12.3 Å². The fourth-order valence-electron chi connectivity index (χ4n) is 1.20. The molecule has 1 aromatic carbocycles. The smallest absolute Gasteiger partial charge is 0.230 e. The summed E-state index contributed by atoms with van der Waals surface area (Å²) in [6.45, 7) is 1.94. The van der Waals surface area contributed by atoms with Gasteiger partial charge in [0.05, 0.1) is 11.9 Å². The lowest BCUT2D eigenvalue weighted by Gasteiger charge is -2.07. The zero-order chi connectivity index (χ0) is 12.7. The SMILES string of the molecule is C[C@@H](O)CNC(=O)CSCc1cccc(Cl)c1. The van der Waals surface area contributed by atoms with Crippen LogP contribution in [-0.4, -0.2) is 29.4 Å². The summed E-state index contributed by atoms with van der Waals surface area (Å²) in [5.74, 6) is 1.08. The molecule has 0 saturated carbocycles. The summed E-state index contributed by atoms with van der Waals surface area (Å²) >= 11 is 7.38. The Bertz CT molecular complexity index is 371. The maximum absolute atomic E-state index is 11.3. The number of carbonyl (C=O) groups excluding carboxylic acids is 1. The topological polar surface area (TPSA) is 49.3 Å². The Morgan fingerprint density at radius 3 is 3.00 bits per heavy atom. The molecule has 0 saturated heterocycles. The number of nitrogens with one attached hydrogen (secondary N) is 1. The first-order valence-electron chi connectivity index (χ1n) is 5.35. The number of benzene rings is 1. The highest BCUT2D eigenvalue weighted by Gasteiger charge is 2.03. The minimum atomic E-state index is -0.503. The summed E-state index contributed by atoms with van der Waals surface area (Å²) in [5, 5.41) is 12.4. The van der Waals surface area contributed by atoms with Crippen LogP contribution in [0.5, 0.6) is 0 Å². The molecule has 0 radical (unpaired) electrons. The van der Waals surface area contributed by atoms with Gasteiger partial charge in [-0.2, -0.15) is 0 Å². The average Bonchev–Trinajstić information content (AvgIpc) is 2.26. The van der Waals surface area contributed by atoms with E-state index in [4.69, 9.17) is 16.7 Å². The summed E-state index contributed by atoms with van der Waals surface area (Å²) in [5.41, 5.74) is 1.10. The van der Waals surface area contributed by atoms with Crippen LogP contribution < -0.4 is 5.32 Å². The highest BCUT2D eigenvalue weighted by Crippen LogP contribution is 2.16. The Labute approximate surface area is 111 Å². The van der Waals surface area contributed by atoms with Crippen molar-refractivity contribution < 1.29 is 9.90 Å². The molecule has 0 bridgehead atoms. The van der Waals surface area contributed by atoms with Crippen LogP contribution in [0.1, 0.15) is 12.5 Å². The lowest BCUT2D eigenvalue weighted by molar-refractivity contribution is -0.118. The number of hydrogen-bond donors (Lipinski definition) is 2. The number of thioether (sulfide) groups is 1. The highest BCUT2D eigenvalue weighted by atomic mass is 35.5. The number of hydrogen-bond acceptors (Lipinski definition) is 3. The summed E-state index contributed by atoms with van der Waals surface area (Å²) in [6.07, 6.45) is -0.503. The van der Waals surface area contributed by atoms with Crippen molar-refractivity contribution in [3.05, 3.63) is 34.9 Å². The van der Waals surface area contributed by atoms with Gasteiger partial charge in [-0.3, -0.25) is 4.79 Å². The van der Waals surface area contributed by atoms with Crippen molar-refractivity contribution in [2.45, 2.75) is 18.8 Å². The lowest BCUT2D eigenvalue weighted by atomic mass is 10.2. The zero-order valence-corrected chi connectivity index (χ0v) is 11.2. The van der Waals surface area contributed by atoms with Crippen LogP contribution in [0.15, 0.2) is 24.3 Å². The van der Waals surface area contributed by atoms with E-state index in [1.54, 1.807) is 6.92 Å². The molecule has 2 N–H and O–H groups in total. The zero-order valence-electron chi connectivity index (χ0n) is 9.65. The first kappa shape index (κ1) is 14.4. The van der Waals surface area contributed by atoms with Crippen molar-refractivity contribution >= 4 is 29.3 Å². The maximum atomic E-state index is 11.3. The van der Waals surface area contributed by atoms with E-state index in [9.17, 15) is 4.79 Å². The third-order valence-electron chi connectivity index (χ3n) is 1.99. The molecular weight excluding hydrogens is 258 g/mol. The molecule has 17 heavy (non-hydrogen) atoms. The normalized spacial score (nSPS) is 12.2. The average molecular weight is 274 g/mol. The fourth-order valence-corrected chi connectivity index (χ4v) is 2.22. The maximum Gasteiger partial charge on any atom is 0.230 e. The second-order valence-corrected chi connectivity index (χ2v) is 5.20. The second kappa shape index (κ2) is 7.58. The first-order valence-corrected chi connectivity index (χ1v) is 6.88. The Morgan fingerprint density at radius 1 is 1.59 bits per heavy atom. The molecule has 94 valence electrons. The minimum Gasteiger partial charge on any atom is -0.392 e. The van der Waals surface area contributed by atoms with Crippen LogP contribution in [0.2, 0.25) is 5.02 Å².